The fourth-order valence-corrected chi connectivity index (χ4v) is 4.98. The minimum Gasteiger partial charge on any atom is -0.354 e. The lowest BCUT2D eigenvalue weighted by molar-refractivity contribution is -0.139. The Bertz CT molecular complexity index is 945. The van der Waals surface area contributed by atoms with Crippen molar-refractivity contribution in [3.8, 4) is 0 Å². The van der Waals surface area contributed by atoms with Crippen LogP contribution in [-0.2, 0) is 21.9 Å². The van der Waals surface area contributed by atoms with Crippen molar-refractivity contribution in [1.82, 2.24) is 10.2 Å². The molecule has 2 rings (SSSR count). The summed E-state index contributed by atoms with van der Waals surface area (Å²) in [4.78, 5) is 28.0. The molecule has 0 aliphatic rings. The lowest BCUT2D eigenvalue weighted by Gasteiger charge is -2.31. The van der Waals surface area contributed by atoms with Crippen LogP contribution >= 0.6 is 35.0 Å². The highest BCUT2D eigenvalue weighted by atomic mass is 35.5. The van der Waals surface area contributed by atoms with Crippen LogP contribution in [0.4, 0.5) is 0 Å². The van der Waals surface area contributed by atoms with E-state index < -0.39 is 6.04 Å². The Labute approximate surface area is 212 Å². The maximum atomic E-state index is 13.3. The van der Waals surface area contributed by atoms with Gasteiger partial charge in [0.15, 0.2) is 0 Å². The normalized spacial score (nSPS) is 12.0. The number of carbonyl (C=O) groups is 2. The van der Waals surface area contributed by atoms with Crippen LogP contribution in [0, 0.1) is 19.8 Å². The summed E-state index contributed by atoms with van der Waals surface area (Å²) in [6, 6.07) is 11.1. The number of amides is 2. The Morgan fingerprint density at radius 2 is 1.73 bits per heavy atom. The van der Waals surface area contributed by atoms with Gasteiger partial charge in [-0.15, -0.1) is 11.8 Å². The van der Waals surface area contributed by atoms with Crippen molar-refractivity contribution >= 4 is 46.8 Å². The molecule has 7 heteroatoms. The van der Waals surface area contributed by atoms with Gasteiger partial charge in [0.25, 0.3) is 0 Å². The molecule has 0 saturated carbocycles. The standard InChI is InChI=1S/C26H34Cl2N2O2S/c1-6-24(26(32)29-13-17(2)3)30(14-21-7-8-22(27)12-23(21)28)25(31)16-33-15-20-10-18(4)9-19(5)11-20/h7-12,17,24H,6,13-16H2,1-5H3,(H,29,32)/t24-/m1/s1. The van der Waals surface area contributed by atoms with E-state index in [4.69, 9.17) is 23.2 Å². The second-order valence-electron chi connectivity index (χ2n) is 8.81. The maximum absolute atomic E-state index is 13.3. The number of nitrogens with one attached hydrogen (secondary N) is 1. The number of nitrogens with zero attached hydrogens (tertiary/aromatic N) is 1. The van der Waals surface area contributed by atoms with Crippen molar-refractivity contribution < 1.29 is 9.59 Å². The third kappa shape index (κ3) is 8.88. The average Bonchev–Trinajstić information content (AvgIpc) is 2.72. The lowest BCUT2D eigenvalue weighted by Crippen LogP contribution is -2.50. The molecule has 1 atom stereocenters. The fraction of sp³-hybridized carbons (Fsp3) is 0.462. The molecule has 1 N–H and O–H groups in total. The molecule has 0 unspecified atom stereocenters. The Hall–Kier alpha value is -1.69. The summed E-state index contributed by atoms with van der Waals surface area (Å²) in [7, 11) is 0. The molecule has 4 nitrogen and oxygen atoms in total. The van der Waals surface area contributed by atoms with Crippen molar-refractivity contribution in [2.45, 2.75) is 59.4 Å². The van der Waals surface area contributed by atoms with Gasteiger partial charge in [0.05, 0.1) is 5.75 Å². The molecule has 0 bridgehead atoms. The Kier molecular flexibility index (Phi) is 11.1. The highest BCUT2D eigenvalue weighted by Gasteiger charge is 2.29. The molecule has 2 aromatic rings. The Morgan fingerprint density at radius 1 is 1.06 bits per heavy atom. The average molecular weight is 510 g/mol. The van der Waals surface area contributed by atoms with Gasteiger partial charge in [-0.1, -0.05) is 79.4 Å². The number of aryl methyl sites for hydroxylation is 2. The van der Waals surface area contributed by atoms with E-state index in [1.165, 1.54) is 16.7 Å². The predicted molar refractivity (Wildman–Crippen MR) is 141 cm³/mol. The molecule has 2 aromatic carbocycles. The molecular formula is C26H34Cl2N2O2S. The van der Waals surface area contributed by atoms with E-state index >= 15 is 0 Å². The molecule has 180 valence electrons. The first-order valence-corrected chi connectivity index (χ1v) is 13.2. The molecule has 0 spiro atoms. The van der Waals surface area contributed by atoms with Gasteiger partial charge in [-0.2, -0.15) is 0 Å². The van der Waals surface area contributed by atoms with Crippen molar-refractivity contribution in [2.24, 2.45) is 5.92 Å². The van der Waals surface area contributed by atoms with Crippen LogP contribution in [0.25, 0.3) is 0 Å². The third-order valence-corrected chi connectivity index (χ3v) is 6.78. The highest BCUT2D eigenvalue weighted by molar-refractivity contribution is 7.99. The number of rotatable bonds is 11. The summed E-state index contributed by atoms with van der Waals surface area (Å²) in [5, 5.41) is 4.00. The van der Waals surface area contributed by atoms with Crippen molar-refractivity contribution in [3.63, 3.8) is 0 Å². The van der Waals surface area contributed by atoms with Crippen LogP contribution in [-0.4, -0.2) is 35.1 Å². The Balaban J connectivity index is 2.18. The molecule has 0 saturated heterocycles. The summed E-state index contributed by atoms with van der Waals surface area (Å²) in [5.41, 5.74) is 4.38. The first-order chi connectivity index (χ1) is 15.6. The SMILES string of the molecule is CC[C@H](C(=O)NCC(C)C)N(Cc1ccc(Cl)cc1Cl)C(=O)CSCc1cc(C)cc(C)c1. The third-order valence-electron chi connectivity index (χ3n) is 5.20. The van der Waals surface area contributed by atoms with E-state index in [1.807, 2.05) is 26.8 Å². The Morgan fingerprint density at radius 3 is 2.30 bits per heavy atom. The lowest BCUT2D eigenvalue weighted by atomic mass is 10.1. The first-order valence-electron chi connectivity index (χ1n) is 11.3. The molecule has 33 heavy (non-hydrogen) atoms. The predicted octanol–water partition coefficient (Wildman–Crippen LogP) is 6.42. The van der Waals surface area contributed by atoms with Crippen molar-refractivity contribution in [3.05, 3.63) is 68.7 Å². The zero-order valence-electron chi connectivity index (χ0n) is 20.1. The van der Waals surface area contributed by atoms with Gasteiger partial charge in [-0.3, -0.25) is 9.59 Å². The minimum absolute atomic E-state index is 0.0815. The van der Waals surface area contributed by atoms with E-state index in [2.05, 4.69) is 37.4 Å². The molecular weight excluding hydrogens is 475 g/mol. The quantitative estimate of drug-likeness (QED) is 0.380. The van der Waals surface area contributed by atoms with Gasteiger partial charge in [0, 0.05) is 28.9 Å². The number of halogens is 2. The van der Waals surface area contributed by atoms with E-state index in [0.717, 1.165) is 11.3 Å². The summed E-state index contributed by atoms with van der Waals surface area (Å²) in [6.07, 6.45) is 0.516. The number of hydrogen-bond acceptors (Lipinski definition) is 3. The van der Waals surface area contributed by atoms with Crippen molar-refractivity contribution in [2.75, 3.05) is 12.3 Å². The van der Waals surface area contributed by atoms with Crippen LogP contribution < -0.4 is 5.32 Å². The molecule has 0 aromatic heterocycles. The summed E-state index contributed by atoms with van der Waals surface area (Å²) in [5.74, 6) is 1.13. The second-order valence-corrected chi connectivity index (χ2v) is 10.6. The summed E-state index contributed by atoms with van der Waals surface area (Å²) in [6.45, 7) is 11.0. The number of thioether (sulfide) groups is 1. The van der Waals surface area contributed by atoms with Gasteiger partial charge >= 0.3 is 0 Å². The van der Waals surface area contributed by atoms with Gasteiger partial charge in [0.1, 0.15) is 6.04 Å². The molecule has 0 heterocycles. The summed E-state index contributed by atoms with van der Waals surface area (Å²) < 4.78 is 0. The zero-order chi connectivity index (χ0) is 24.5. The number of benzene rings is 2. The van der Waals surface area contributed by atoms with Gasteiger partial charge in [-0.25, -0.2) is 0 Å². The smallest absolute Gasteiger partial charge is 0.242 e. The number of hydrogen-bond donors (Lipinski definition) is 1. The van der Waals surface area contributed by atoms with Gasteiger partial charge in [0.2, 0.25) is 11.8 Å². The molecule has 0 aliphatic carbocycles. The number of carbonyl (C=O) groups excluding carboxylic acids is 2. The first kappa shape index (κ1) is 27.6. The van der Waals surface area contributed by atoms with Crippen LogP contribution in [0.5, 0.6) is 0 Å². The largest absolute Gasteiger partial charge is 0.354 e. The molecule has 0 radical (unpaired) electrons. The van der Waals surface area contributed by atoms with Crippen LogP contribution in [0.1, 0.15) is 49.4 Å². The topological polar surface area (TPSA) is 49.4 Å². The van der Waals surface area contributed by atoms with E-state index in [1.54, 1.807) is 28.8 Å². The van der Waals surface area contributed by atoms with Crippen LogP contribution in [0.3, 0.4) is 0 Å². The zero-order valence-corrected chi connectivity index (χ0v) is 22.4. The van der Waals surface area contributed by atoms with Crippen LogP contribution in [0.2, 0.25) is 10.0 Å². The fourth-order valence-electron chi connectivity index (χ4n) is 3.67. The van der Waals surface area contributed by atoms with E-state index in [-0.39, 0.29) is 24.1 Å². The van der Waals surface area contributed by atoms with E-state index in [0.29, 0.717) is 28.9 Å². The second kappa shape index (κ2) is 13.3. The highest BCUT2D eigenvalue weighted by Crippen LogP contribution is 2.25. The van der Waals surface area contributed by atoms with Gasteiger partial charge < -0.3 is 10.2 Å². The minimum atomic E-state index is -0.565. The molecule has 0 aliphatic heterocycles. The molecule has 0 fully saturated rings. The van der Waals surface area contributed by atoms with Crippen LogP contribution in [0.15, 0.2) is 36.4 Å². The van der Waals surface area contributed by atoms with Crippen molar-refractivity contribution in [1.29, 1.82) is 0 Å². The van der Waals surface area contributed by atoms with E-state index in [9.17, 15) is 9.59 Å². The maximum Gasteiger partial charge on any atom is 0.242 e. The monoisotopic (exact) mass is 508 g/mol. The van der Waals surface area contributed by atoms with Gasteiger partial charge in [-0.05, 0) is 49.4 Å². The molecule has 2 amide bonds. The summed E-state index contributed by atoms with van der Waals surface area (Å²) >= 11 is 14.0.